The van der Waals surface area contributed by atoms with Crippen LogP contribution in [0.4, 0.5) is 4.39 Å². The Morgan fingerprint density at radius 3 is 2.65 bits per heavy atom. The molecule has 0 radical (unpaired) electrons. The summed E-state index contributed by atoms with van der Waals surface area (Å²) in [5.41, 5.74) is -0.0283. The molecule has 1 unspecified atom stereocenters. The minimum atomic E-state index is -0.616. The minimum absolute atomic E-state index is 0. The van der Waals surface area contributed by atoms with Gasteiger partial charge in [-0.15, -0.1) is 12.4 Å². The molecule has 2 rings (SSSR count). The molecule has 130 valence electrons. The molecule has 1 aromatic rings. The monoisotopic (exact) mass is 346 g/mol. The zero-order chi connectivity index (χ0) is 15.9. The maximum atomic E-state index is 14.0. The summed E-state index contributed by atoms with van der Waals surface area (Å²) in [5.74, 6) is 0.136. The quantitative estimate of drug-likeness (QED) is 0.830. The van der Waals surface area contributed by atoms with E-state index in [0.717, 1.165) is 19.5 Å². The lowest BCUT2D eigenvalue weighted by Gasteiger charge is -2.22. The molecule has 1 aliphatic heterocycles. The second-order valence-electron chi connectivity index (χ2n) is 5.44. The first-order valence-electron chi connectivity index (χ1n) is 7.56. The van der Waals surface area contributed by atoms with Crippen molar-refractivity contribution in [1.29, 1.82) is 0 Å². The molecule has 1 amide bonds. The van der Waals surface area contributed by atoms with Crippen LogP contribution in [0.2, 0.25) is 0 Å². The number of ether oxygens (including phenoxy) is 2. The van der Waals surface area contributed by atoms with Gasteiger partial charge in [-0.2, -0.15) is 0 Å². The van der Waals surface area contributed by atoms with Gasteiger partial charge in [0.1, 0.15) is 5.82 Å². The highest BCUT2D eigenvalue weighted by Crippen LogP contribution is 2.29. The molecule has 5 nitrogen and oxygen atoms in total. The van der Waals surface area contributed by atoms with Gasteiger partial charge in [-0.3, -0.25) is 4.79 Å². The van der Waals surface area contributed by atoms with E-state index in [9.17, 15) is 9.18 Å². The SMILES string of the molecule is COc1cc(F)c(C(=O)NCCC2CCCNC2)cc1OC.Cl. The lowest BCUT2D eigenvalue weighted by atomic mass is 9.96. The van der Waals surface area contributed by atoms with E-state index in [4.69, 9.17) is 9.47 Å². The number of methoxy groups -OCH3 is 2. The van der Waals surface area contributed by atoms with Crippen molar-refractivity contribution in [3.63, 3.8) is 0 Å². The first kappa shape index (κ1) is 19.5. The average Bonchev–Trinajstić information content (AvgIpc) is 2.55. The Labute approximate surface area is 142 Å². The second-order valence-corrected chi connectivity index (χ2v) is 5.44. The molecular weight excluding hydrogens is 323 g/mol. The van der Waals surface area contributed by atoms with Gasteiger partial charge in [0.15, 0.2) is 11.5 Å². The third-order valence-corrected chi connectivity index (χ3v) is 3.95. The van der Waals surface area contributed by atoms with Crippen LogP contribution in [0.1, 0.15) is 29.6 Å². The highest BCUT2D eigenvalue weighted by Gasteiger charge is 2.18. The molecule has 23 heavy (non-hydrogen) atoms. The fourth-order valence-corrected chi connectivity index (χ4v) is 2.68. The zero-order valence-electron chi connectivity index (χ0n) is 13.5. The van der Waals surface area contributed by atoms with E-state index < -0.39 is 11.7 Å². The zero-order valence-corrected chi connectivity index (χ0v) is 14.3. The highest BCUT2D eigenvalue weighted by atomic mass is 35.5. The summed E-state index contributed by atoms with van der Waals surface area (Å²) < 4.78 is 24.1. The minimum Gasteiger partial charge on any atom is -0.493 e. The van der Waals surface area contributed by atoms with Crippen LogP contribution in [0.25, 0.3) is 0 Å². The third kappa shape index (κ3) is 5.25. The molecule has 0 bridgehead atoms. The standard InChI is InChI=1S/C16H23FN2O3.ClH/c1-21-14-8-12(13(17)9-15(14)22-2)16(20)19-7-5-11-4-3-6-18-10-11;/h8-9,11,18H,3-7,10H2,1-2H3,(H,19,20);1H. The van der Waals surface area contributed by atoms with Gasteiger partial charge in [-0.05, 0) is 44.3 Å². The summed E-state index contributed by atoms with van der Waals surface area (Å²) >= 11 is 0. The first-order valence-corrected chi connectivity index (χ1v) is 7.56. The topological polar surface area (TPSA) is 59.6 Å². The maximum Gasteiger partial charge on any atom is 0.254 e. The maximum absolute atomic E-state index is 14.0. The van der Waals surface area contributed by atoms with Crippen LogP contribution in [0.5, 0.6) is 11.5 Å². The van der Waals surface area contributed by atoms with E-state index in [0.29, 0.717) is 18.2 Å². The lowest BCUT2D eigenvalue weighted by Crippen LogP contribution is -2.33. The predicted molar refractivity (Wildman–Crippen MR) is 89.3 cm³/mol. The highest BCUT2D eigenvalue weighted by molar-refractivity contribution is 5.95. The Bertz CT molecular complexity index is 522. The van der Waals surface area contributed by atoms with Gasteiger partial charge < -0.3 is 20.1 Å². The van der Waals surface area contributed by atoms with Gasteiger partial charge in [0, 0.05) is 12.6 Å². The van der Waals surface area contributed by atoms with Crippen LogP contribution in [0.15, 0.2) is 12.1 Å². The summed E-state index contributed by atoms with van der Waals surface area (Å²) in [6.07, 6.45) is 3.24. The van der Waals surface area contributed by atoms with E-state index in [-0.39, 0.29) is 23.7 Å². The number of nitrogens with one attached hydrogen (secondary N) is 2. The molecule has 1 aromatic carbocycles. The van der Waals surface area contributed by atoms with Crippen molar-refractivity contribution < 1.29 is 18.7 Å². The van der Waals surface area contributed by atoms with Gasteiger partial charge in [-0.1, -0.05) is 0 Å². The van der Waals surface area contributed by atoms with Crippen molar-refractivity contribution in [2.75, 3.05) is 33.9 Å². The summed E-state index contributed by atoms with van der Waals surface area (Å²) in [7, 11) is 2.88. The van der Waals surface area contributed by atoms with E-state index in [1.807, 2.05) is 0 Å². The van der Waals surface area contributed by atoms with E-state index in [2.05, 4.69) is 10.6 Å². The van der Waals surface area contributed by atoms with Crippen molar-refractivity contribution in [2.24, 2.45) is 5.92 Å². The molecule has 1 atom stereocenters. The van der Waals surface area contributed by atoms with Gasteiger partial charge in [0.25, 0.3) is 5.91 Å². The van der Waals surface area contributed by atoms with Crippen molar-refractivity contribution in [3.8, 4) is 11.5 Å². The number of carbonyl (C=O) groups excluding carboxylic acids is 1. The van der Waals surface area contributed by atoms with Gasteiger partial charge >= 0.3 is 0 Å². The Hall–Kier alpha value is -1.53. The number of hydrogen-bond donors (Lipinski definition) is 2. The predicted octanol–water partition coefficient (Wildman–Crippen LogP) is 2.38. The number of benzene rings is 1. The lowest BCUT2D eigenvalue weighted by molar-refractivity contribution is 0.0946. The van der Waals surface area contributed by atoms with Crippen molar-refractivity contribution in [2.45, 2.75) is 19.3 Å². The van der Waals surface area contributed by atoms with E-state index in [1.54, 1.807) is 0 Å². The molecule has 0 aromatic heterocycles. The van der Waals surface area contributed by atoms with Crippen LogP contribution in [0.3, 0.4) is 0 Å². The summed E-state index contributed by atoms with van der Waals surface area (Å²) in [6, 6.07) is 2.53. The first-order chi connectivity index (χ1) is 10.7. The number of halogens is 2. The normalized spacial score (nSPS) is 17.1. The van der Waals surface area contributed by atoms with Gasteiger partial charge in [-0.25, -0.2) is 4.39 Å². The molecule has 1 aliphatic rings. The molecule has 2 N–H and O–H groups in total. The number of hydrogen-bond acceptors (Lipinski definition) is 4. The largest absolute Gasteiger partial charge is 0.493 e. The van der Waals surface area contributed by atoms with Crippen molar-refractivity contribution in [3.05, 3.63) is 23.5 Å². The molecular formula is C16H24ClFN2O3. The fraction of sp³-hybridized carbons (Fsp3) is 0.562. The van der Waals surface area contributed by atoms with Crippen LogP contribution >= 0.6 is 12.4 Å². The molecule has 0 saturated carbocycles. The Kier molecular flexibility index (Phi) is 8.12. The number of piperidine rings is 1. The average molecular weight is 347 g/mol. The Balaban J connectivity index is 0.00000264. The molecule has 7 heteroatoms. The number of rotatable bonds is 6. The third-order valence-electron chi connectivity index (χ3n) is 3.95. The molecule has 0 spiro atoms. The second kappa shape index (κ2) is 9.57. The van der Waals surface area contributed by atoms with Crippen LogP contribution < -0.4 is 20.1 Å². The molecule has 1 saturated heterocycles. The molecule has 1 heterocycles. The number of amides is 1. The van der Waals surface area contributed by atoms with Crippen molar-refractivity contribution in [1.82, 2.24) is 10.6 Å². The van der Waals surface area contributed by atoms with Crippen molar-refractivity contribution >= 4 is 18.3 Å². The van der Waals surface area contributed by atoms with Crippen LogP contribution in [0, 0.1) is 11.7 Å². The summed E-state index contributed by atoms with van der Waals surface area (Å²) in [4.78, 5) is 12.1. The van der Waals surface area contributed by atoms with E-state index in [1.165, 1.54) is 39.2 Å². The fourth-order valence-electron chi connectivity index (χ4n) is 2.68. The van der Waals surface area contributed by atoms with E-state index >= 15 is 0 Å². The van der Waals surface area contributed by atoms with Crippen LogP contribution in [-0.4, -0.2) is 39.8 Å². The smallest absolute Gasteiger partial charge is 0.254 e. The van der Waals surface area contributed by atoms with Gasteiger partial charge in [0.2, 0.25) is 0 Å². The molecule has 0 aliphatic carbocycles. The number of carbonyl (C=O) groups is 1. The summed E-state index contributed by atoms with van der Waals surface area (Å²) in [5, 5.41) is 6.11. The van der Waals surface area contributed by atoms with Gasteiger partial charge in [0.05, 0.1) is 19.8 Å². The Morgan fingerprint density at radius 1 is 1.35 bits per heavy atom. The molecule has 1 fully saturated rings. The van der Waals surface area contributed by atoms with Crippen LogP contribution in [-0.2, 0) is 0 Å². The Morgan fingerprint density at radius 2 is 2.04 bits per heavy atom. The summed E-state index contributed by atoms with van der Waals surface area (Å²) in [6.45, 7) is 2.60.